The molecule has 0 amide bonds. The van der Waals surface area contributed by atoms with Crippen LogP contribution in [0.2, 0.25) is 0 Å². The molecule has 6 nitrogen and oxygen atoms in total. The number of benzene rings is 1. The summed E-state index contributed by atoms with van der Waals surface area (Å²) >= 11 is 0. The summed E-state index contributed by atoms with van der Waals surface area (Å²) in [5.74, 6) is 0.465. The predicted molar refractivity (Wildman–Crippen MR) is 82.2 cm³/mol. The third-order valence-corrected chi connectivity index (χ3v) is 4.25. The number of non-ortho nitro benzene ring substituents is 1. The molecule has 1 aromatic carbocycles. The molecule has 0 bridgehead atoms. The first-order valence-electron chi connectivity index (χ1n) is 7.19. The van der Waals surface area contributed by atoms with Crippen molar-refractivity contribution in [2.75, 3.05) is 11.9 Å². The van der Waals surface area contributed by atoms with E-state index >= 15 is 0 Å². The number of pyridine rings is 1. The number of rotatable bonds is 4. The predicted octanol–water partition coefficient (Wildman–Crippen LogP) is 2.68. The third kappa shape index (κ3) is 2.54. The third-order valence-electron chi connectivity index (χ3n) is 4.25. The molecule has 1 fully saturated rings. The molecule has 1 heterocycles. The first-order chi connectivity index (χ1) is 10.2. The monoisotopic (exact) mass is 286 g/mol. The van der Waals surface area contributed by atoms with Gasteiger partial charge in [0.05, 0.1) is 4.92 Å². The number of nitro benzene ring substituents is 1. The van der Waals surface area contributed by atoms with Crippen molar-refractivity contribution >= 4 is 22.3 Å². The Morgan fingerprint density at radius 3 is 3.00 bits per heavy atom. The summed E-state index contributed by atoms with van der Waals surface area (Å²) in [6.45, 7) is 0.667. The summed E-state index contributed by atoms with van der Waals surface area (Å²) in [4.78, 5) is 14.9. The van der Waals surface area contributed by atoms with E-state index < -0.39 is 4.92 Å². The van der Waals surface area contributed by atoms with Crippen LogP contribution in [0.3, 0.4) is 0 Å². The Morgan fingerprint density at radius 2 is 2.24 bits per heavy atom. The number of nitrogens with two attached hydrogens (primary N) is 1. The van der Waals surface area contributed by atoms with E-state index in [-0.39, 0.29) is 5.69 Å². The van der Waals surface area contributed by atoms with Gasteiger partial charge in [-0.15, -0.1) is 0 Å². The van der Waals surface area contributed by atoms with Crippen LogP contribution in [0.15, 0.2) is 30.5 Å². The minimum Gasteiger partial charge on any atom is -0.381 e. The molecule has 2 unspecified atom stereocenters. The van der Waals surface area contributed by atoms with Gasteiger partial charge in [-0.2, -0.15) is 0 Å². The smallest absolute Gasteiger partial charge is 0.295 e. The maximum Gasteiger partial charge on any atom is 0.295 e. The van der Waals surface area contributed by atoms with Gasteiger partial charge in [-0.1, -0.05) is 18.6 Å². The molecule has 3 N–H and O–H groups in total. The van der Waals surface area contributed by atoms with Gasteiger partial charge in [-0.05, 0) is 31.4 Å². The summed E-state index contributed by atoms with van der Waals surface area (Å²) < 4.78 is 0. The number of para-hydroxylation sites is 1. The molecule has 1 aliphatic carbocycles. The minimum atomic E-state index is -0.391. The second-order valence-electron chi connectivity index (χ2n) is 5.47. The van der Waals surface area contributed by atoms with E-state index in [0.29, 0.717) is 24.0 Å². The van der Waals surface area contributed by atoms with Crippen molar-refractivity contribution < 1.29 is 4.92 Å². The Morgan fingerprint density at radius 1 is 1.38 bits per heavy atom. The summed E-state index contributed by atoms with van der Waals surface area (Å²) in [6, 6.07) is 7.25. The van der Waals surface area contributed by atoms with Crippen molar-refractivity contribution in [3.8, 4) is 0 Å². The molecule has 3 rings (SSSR count). The van der Waals surface area contributed by atoms with Crippen molar-refractivity contribution in [3.63, 3.8) is 0 Å². The van der Waals surface area contributed by atoms with Crippen LogP contribution >= 0.6 is 0 Å². The minimum absolute atomic E-state index is 0.0398. The molecule has 0 aliphatic heterocycles. The normalized spacial score (nSPS) is 21.6. The highest BCUT2D eigenvalue weighted by Crippen LogP contribution is 2.32. The fourth-order valence-corrected chi connectivity index (χ4v) is 3.14. The molecule has 1 aliphatic rings. The quantitative estimate of drug-likeness (QED) is 0.665. The summed E-state index contributed by atoms with van der Waals surface area (Å²) in [5.41, 5.74) is 7.18. The molecule has 0 spiro atoms. The lowest BCUT2D eigenvalue weighted by molar-refractivity contribution is -0.383. The van der Waals surface area contributed by atoms with Crippen LogP contribution in [0, 0.1) is 16.0 Å². The SMILES string of the molecule is NCC1CCCC1Nc1ccnc2c([N+](=O)[O-])cccc12. The van der Waals surface area contributed by atoms with E-state index in [2.05, 4.69) is 10.3 Å². The van der Waals surface area contributed by atoms with Crippen LogP contribution in [-0.2, 0) is 0 Å². The number of anilines is 1. The molecule has 0 saturated heterocycles. The molecular formula is C15H18N4O2. The first-order valence-corrected chi connectivity index (χ1v) is 7.19. The van der Waals surface area contributed by atoms with Gasteiger partial charge in [0.25, 0.3) is 5.69 Å². The van der Waals surface area contributed by atoms with Gasteiger partial charge >= 0.3 is 0 Å². The van der Waals surface area contributed by atoms with E-state index in [1.807, 2.05) is 12.1 Å². The van der Waals surface area contributed by atoms with Crippen LogP contribution in [0.4, 0.5) is 11.4 Å². The van der Waals surface area contributed by atoms with Crippen LogP contribution in [-0.4, -0.2) is 22.5 Å². The number of hydrogen-bond donors (Lipinski definition) is 2. The molecule has 1 saturated carbocycles. The highest BCUT2D eigenvalue weighted by Gasteiger charge is 2.26. The van der Waals surface area contributed by atoms with Gasteiger partial charge in [0.2, 0.25) is 0 Å². The number of nitrogens with zero attached hydrogens (tertiary/aromatic N) is 2. The lowest BCUT2D eigenvalue weighted by atomic mass is 10.0. The number of nitrogens with one attached hydrogen (secondary N) is 1. The zero-order valence-corrected chi connectivity index (χ0v) is 11.7. The fraction of sp³-hybridized carbons (Fsp3) is 0.400. The maximum atomic E-state index is 11.1. The lowest BCUT2D eigenvalue weighted by Gasteiger charge is -2.21. The van der Waals surface area contributed by atoms with Crippen molar-refractivity contribution in [2.45, 2.75) is 25.3 Å². The molecule has 2 atom stereocenters. The standard InChI is InChI=1S/C15H18N4O2/c16-9-10-3-1-5-12(10)18-13-7-8-17-15-11(13)4-2-6-14(15)19(20)21/h2,4,6-8,10,12H,1,3,5,9,16H2,(H,17,18). The fourth-order valence-electron chi connectivity index (χ4n) is 3.14. The van der Waals surface area contributed by atoms with Crippen molar-refractivity contribution in [1.82, 2.24) is 4.98 Å². The van der Waals surface area contributed by atoms with E-state index in [1.54, 1.807) is 12.3 Å². The van der Waals surface area contributed by atoms with Crippen LogP contribution in [0.1, 0.15) is 19.3 Å². The summed E-state index contributed by atoms with van der Waals surface area (Å²) in [5, 5.41) is 15.4. The van der Waals surface area contributed by atoms with Crippen LogP contribution in [0.5, 0.6) is 0 Å². The van der Waals surface area contributed by atoms with Crippen molar-refractivity contribution in [1.29, 1.82) is 0 Å². The van der Waals surface area contributed by atoms with E-state index in [4.69, 9.17) is 5.73 Å². The molecule has 21 heavy (non-hydrogen) atoms. The topological polar surface area (TPSA) is 94.1 Å². The molecular weight excluding hydrogens is 268 g/mol. The summed E-state index contributed by atoms with van der Waals surface area (Å²) in [6.07, 6.45) is 5.00. The second kappa shape index (κ2) is 5.65. The molecule has 110 valence electrons. The number of nitro groups is 1. The van der Waals surface area contributed by atoms with Crippen molar-refractivity contribution in [2.24, 2.45) is 11.7 Å². The largest absolute Gasteiger partial charge is 0.381 e. The highest BCUT2D eigenvalue weighted by atomic mass is 16.6. The second-order valence-corrected chi connectivity index (χ2v) is 5.47. The number of fused-ring (bicyclic) bond motifs is 1. The van der Waals surface area contributed by atoms with Crippen LogP contribution < -0.4 is 11.1 Å². The molecule has 1 aromatic heterocycles. The zero-order valence-electron chi connectivity index (χ0n) is 11.7. The van der Waals surface area contributed by atoms with Gasteiger partial charge in [-0.25, -0.2) is 4.98 Å². The van der Waals surface area contributed by atoms with Gasteiger partial charge < -0.3 is 11.1 Å². The molecule has 0 radical (unpaired) electrons. The summed E-state index contributed by atoms with van der Waals surface area (Å²) in [7, 11) is 0. The average Bonchev–Trinajstić information content (AvgIpc) is 2.94. The zero-order chi connectivity index (χ0) is 14.8. The van der Waals surface area contributed by atoms with E-state index in [1.165, 1.54) is 12.5 Å². The molecule has 6 heteroatoms. The Hall–Kier alpha value is -2.21. The Balaban J connectivity index is 1.99. The Kier molecular flexibility index (Phi) is 3.70. The Bertz CT molecular complexity index is 674. The number of hydrogen-bond acceptors (Lipinski definition) is 5. The highest BCUT2D eigenvalue weighted by molar-refractivity contribution is 5.96. The molecule has 2 aromatic rings. The van der Waals surface area contributed by atoms with E-state index in [0.717, 1.165) is 23.9 Å². The van der Waals surface area contributed by atoms with Crippen LogP contribution in [0.25, 0.3) is 10.9 Å². The van der Waals surface area contributed by atoms with Gasteiger partial charge in [0.1, 0.15) is 5.52 Å². The van der Waals surface area contributed by atoms with E-state index in [9.17, 15) is 10.1 Å². The van der Waals surface area contributed by atoms with Gasteiger partial charge in [0.15, 0.2) is 0 Å². The Labute approximate surface area is 122 Å². The maximum absolute atomic E-state index is 11.1. The number of aromatic nitrogens is 1. The lowest BCUT2D eigenvalue weighted by Crippen LogP contribution is -2.29. The average molecular weight is 286 g/mol. The van der Waals surface area contributed by atoms with Gasteiger partial charge in [0, 0.05) is 29.4 Å². The first kappa shape index (κ1) is 13.8. The van der Waals surface area contributed by atoms with Gasteiger partial charge in [-0.3, -0.25) is 10.1 Å². The van der Waals surface area contributed by atoms with Crippen molar-refractivity contribution in [3.05, 3.63) is 40.6 Å².